The summed E-state index contributed by atoms with van der Waals surface area (Å²) in [5, 5.41) is 0. The van der Waals surface area contributed by atoms with Crippen LogP contribution in [0.5, 0.6) is 0 Å². The first-order valence-corrected chi connectivity index (χ1v) is 8.70. The fraction of sp³-hybridized carbons (Fsp3) is 1.00. The molecule has 0 bridgehead atoms. The molecule has 2 atom stereocenters. The Kier molecular flexibility index (Phi) is 14.1. The zero-order valence-corrected chi connectivity index (χ0v) is 17.0. The van der Waals surface area contributed by atoms with E-state index in [-0.39, 0.29) is 70.6 Å². The molecule has 2 unspecified atom stereocenters. The summed E-state index contributed by atoms with van der Waals surface area (Å²) in [5.74, 6) is -0.767. The summed E-state index contributed by atoms with van der Waals surface area (Å²) in [6.07, 6.45) is 0. The van der Waals surface area contributed by atoms with Crippen LogP contribution in [0.1, 0.15) is 0 Å². The maximum atomic E-state index is 10.8. The third-order valence-electron chi connectivity index (χ3n) is 1.52. The van der Waals surface area contributed by atoms with Crippen molar-refractivity contribution in [2.75, 3.05) is 25.6 Å². The molecular formula is C5H11NNa2O4S4. The van der Waals surface area contributed by atoms with Gasteiger partial charge in [-0.05, 0) is 54.0 Å². The summed E-state index contributed by atoms with van der Waals surface area (Å²) in [7, 11) is -4.07. The molecule has 0 aromatic carbocycles. The molecule has 0 aliphatic carbocycles. The van der Waals surface area contributed by atoms with Crippen molar-refractivity contribution in [1.82, 2.24) is 4.90 Å². The van der Waals surface area contributed by atoms with Gasteiger partial charge in [0.2, 0.25) is 0 Å². The van der Waals surface area contributed by atoms with Crippen molar-refractivity contribution in [1.29, 1.82) is 0 Å². The zero-order chi connectivity index (χ0) is 11.6. The van der Waals surface area contributed by atoms with E-state index in [1.165, 1.54) is 4.90 Å². The molecule has 0 aromatic rings. The minimum atomic E-state index is -3.61. The molecule has 0 fully saturated rings. The van der Waals surface area contributed by atoms with Gasteiger partial charge in [-0.3, -0.25) is 8.42 Å². The SMILES string of the molecule is CN(C)C(CS(=O)([O-])=S)CS(=O)([O-])=S.[Na+].[Na+]. The zero-order valence-electron chi connectivity index (χ0n) is 9.70. The summed E-state index contributed by atoms with van der Waals surface area (Å²) in [6.45, 7) is 0. The van der Waals surface area contributed by atoms with Crippen LogP contribution in [-0.4, -0.2) is 54.1 Å². The van der Waals surface area contributed by atoms with Crippen molar-refractivity contribution in [3.8, 4) is 0 Å². The Labute approximate surface area is 151 Å². The van der Waals surface area contributed by atoms with Gasteiger partial charge in [0.15, 0.2) is 0 Å². The van der Waals surface area contributed by atoms with E-state index in [0.717, 1.165) is 0 Å². The maximum Gasteiger partial charge on any atom is 1.00 e. The van der Waals surface area contributed by atoms with E-state index in [0.29, 0.717) is 0 Å². The van der Waals surface area contributed by atoms with Gasteiger partial charge >= 0.3 is 59.1 Å². The number of rotatable bonds is 5. The van der Waals surface area contributed by atoms with Gasteiger partial charge in [0, 0.05) is 17.5 Å². The monoisotopic (exact) mass is 323 g/mol. The molecule has 5 nitrogen and oxygen atoms in total. The molecule has 16 heavy (non-hydrogen) atoms. The van der Waals surface area contributed by atoms with Crippen LogP contribution in [0.2, 0.25) is 0 Å². The van der Waals surface area contributed by atoms with Crippen LogP contribution in [0, 0.1) is 0 Å². The number of hydrogen-bond acceptors (Lipinski definition) is 7. The van der Waals surface area contributed by atoms with Gasteiger partial charge in [-0.2, -0.15) is 0 Å². The van der Waals surface area contributed by atoms with Gasteiger partial charge in [-0.25, -0.2) is 0 Å². The van der Waals surface area contributed by atoms with Gasteiger partial charge in [0.05, 0.1) is 0 Å². The first-order valence-electron chi connectivity index (χ1n) is 3.55. The minimum Gasteiger partial charge on any atom is -0.769 e. The third kappa shape index (κ3) is 14.7. The van der Waals surface area contributed by atoms with Crippen LogP contribution in [-0.2, 0) is 39.9 Å². The van der Waals surface area contributed by atoms with Crippen molar-refractivity contribution in [2.45, 2.75) is 6.04 Å². The predicted molar refractivity (Wildman–Crippen MR) is 59.8 cm³/mol. The van der Waals surface area contributed by atoms with E-state index >= 15 is 0 Å². The average Bonchev–Trinajstić information content (AvgIpc) is 1.78. The first-order chi connectivity index (χ1) is 6.01. The molecule has 0 saturated heterocycles. The molecule has 0 aliphatic heterocycles. The number of nitrogens with zero attached hydrogens (tertiary/aromatic N) is 1. The summed E-state index contributed by atoms with van der Waals surface area (Å²) < 4.78 is 43.2. The van der Waals surface area contributed by atoms with Crippen molar-refractivity contribution < 1.29 is 76.6 Å². The van der Waals surface area contributed by atoms with Crippen LogP contribution in [0.4, 0.5) is 0 Å². The molecule has 0 heterocycles. The van der Waals surface area contributed by atoms with E-state index in [1.54, 1.807) is 14.1 Å². The predicted octanol–water partition coefficient (Wildman–Crippen LogP) is -7.32. The van der Waals surface area contributed by atoms with Crippen LogP contribution in [0.25, 0.3) is 0 Å². The van der Waals surface area contributed by atoms with Crippen LogP contribution in [0.3, 0.4) is 0 Å². The van der Waals surface area contributed by atoms with Crippen molar-refractivity contribution in [2.24, 2.45) is 0 Å². The molecule has 86 valence electrons. The fourth-order valence-corrected chi connectivity index (χ4v) is 3.68. The van der Waals surface area contributed by atoms with E-state index in [1.807, 2.05) is 0 Å². The molecule has 0 N–H and O–H groups in total. The Hall–Kier alpha value is 2.62. The van der Waals surface area contributed by atoms with Gasteiger partial charge in [-0.1, -0.05) is 0 Å². The van der Waals surface area contributed by atoms with E-state index in [2.05, 4.69) is 22.4 Å². The summed E-state index contributed by atoms with van der Waals surface area (Å²) in [4.78, 5) is 1.48. The molecule has 0 saturated carbocycles. The Balaban J connectivity index is -0.000000845. The van der Waals surface area contributed by atoms with E-state index < -0.39 is 23.6 Å². The summed E-state index contributed by atoms with van der Waals surface area (Å²) in [5.41, 5.74) is 0. The van der Waals surface area contributed by atoms with E-state index in [4.69, 9.17) is 0 Å². The van der Waals surface area contributed by atoms with Crippen LogP contribution in [0.15, 0.2) is 0 Å². The maximum absolute atomic E-state index is 10.8. The molecule has 0 radical (unpaired) electrons. The number of hydrogen-bond donors (Lipinski definition) is 0. The van der Waals surface area contributed by atoms with Gasteiger partial charge in [-0.15, -0.1) is 0 Å². The van der Waals surface area contributed by atoms with Crippen molar-refractivity contribution >= 4 is 39.9 Å². The topological polar surface area (TPSA) is 83.5 Å². The Morgan fingerprint density at radius 1 is 1.06 bits per heavy atom. The second-order valence-corrected chi connectivity index (χ2v) is 9.01. The van der Waals surface area contributed by atoms with Gasteiger partial charge in [0.25, 0.3) is 0 Å². The average molecular weight is 323 g/mol. The van der Waals surface area contributed by atoms with Crippen molar-refractivity contribution in [3.05, 3.63) is 0 Å². The van der Waals surface area contributed by atoms with E-state index in [9.17, 15) is 17.5 Å². The second-order valence-electron chi connectivity index (χ2n) is 3.07. The quantitative estimate of drug-likeness (QED) is 0.465. The van der Waals surface area contributed by atoms with Gasteiger partial charge < -0.3 is 14.0 Å². The Bertz CT molecular complexity index is 345. The first kappa shape index (κ1) is 23.7. The Morgan fingerprint density at radius 3 is 1.44 bits per heavy atom. The summed E-state index contributed by atoms with van der Waals surface area (Å²) >= 11 is 8.37. The smallest absolute Gasteiger partial charge is 0.769 e. The van der Waals surface area contributed by atoms with Crippen LogP contribution < -0.4 is 59.1 Å². The minimum absolute atomic E-state index is 0. The normalized spacial score (nSPS) is 19.8. The van der Waals surface area contributed by atoms with Crippen molar-refractivity contribution in [3.63, 3.8) is 0 Å². The standard InChI is InChI=1S/C5H13NO4S4.2Na/c1-6(2)5(3-13(7,8)11)4-14(9,10)12;;/h5H,3-4H2,1-2H3,(H,7,8,11)(H,9,10,12);;/q;2*+1/p-2. The molecule has 0 spiro atoms. The summed E-state index contributed by atoms with van der Waals surface area (Å²) in [6, 6.07) is -0.681. The van der Waals surface area contributed by atoms with Crippen LogP contribution >= 0.6 is 0 Å². The largest absolute Gasteiger partial charge is 1.00 e. The molecule has 0 rings (SSSR count). The molecule has 11 heteroatoms. The molecule has 0 aromatic heterocycles. The molecular weight excluding hydrogens is 312 g/mol. The Morgan fingerprint density at radius 2 is 1.31 bits per heavy atom. The molecule has 0 aliphatic rings. The fourth-order valence-electron chi connectivity index (χ4n) is 0.818. The van der Waals surface area contributed by atoms with Gasteiger partial charge in [0.1, 0.15) is 0 Å². The molecule has 0 amide bonds. The third-order valence-corrected chi connectivity index (χ3v) is 3.93. The second kappa shape index (κ2) is 9.51.